The molecule has 4 heteroatoms. The molecule has 1 aromatic rings. The van der Waals surface area contributed by atoms with Crippen LogP contribution in [0.3, 0.4) is 0 Å². The third kappa shape index (κ3) is 6.39. The highest BCUT2D eigenvalue weighted by atomic mass is 32.2. The van der Waals surface area contributed by atoms with E-state index in [0.717, 1.165) is 38.6 Å². The Morgan fingerprint density at radius 1 is 1.14 bits per heavy atom. The topological polar surface area (TPSA) is 21.7 Å². The molecule has 0 bridgehead atoms. The monoisotopic (exact) mass is 309 g/mol. The minimum absolute atomic E-state index is 0.339. The SMILES string of the molecule is Cc1ccc(SCCOCCN2C[C@@H](C)O[C@H](C)C2)cc1. The highest BCUT2D eigenvalue weighted by Crippen LogP contribution is 2.17. The van der Waals surface area contributed by atoms with Gasteiger partial charge in [-0.2, -0.15) is 0 Å². The summed E-state index contributed by atoms with van der Waals surface area (Å²) in [6.45, 7) is 11.1. The number of benzene rings is 1. The average Bonchev–Trinajstić information content (AvgIpc) is 2.43. The summed E-state index contributed by atoms with van der Waals surface area (Å²) >= 11 is 1.86. The molecule has 0 radical (unpaired) electrons. The molecule has 1 saturated heterocycles. The van der Waals surface area contributed by atoms with Gasteiger partial charge in [-0.25, -0.2) is 0 Å². The second kappa shape index (κ2) is 8.79. The molecule has 0 saturated carbocycles. The van der Waals surface area contributed by atoms with Gasteiger partial charge in [0.25, 0.3) is 0 Å². The fourth-order valence-corrected chi connectivity index (χ4v) is 3.38. The van der Waals surface area contributed by atoms with Crippen LogP contribution in [0.4, 0.5) is 0 Å². The molecule has 1 aliphatic heterocycles. The van der Waals surface area contributed by atoms with Crippen LogP contribution in [0, 0.1) is 6.92 Å². The van der Waals surface area contributed by atoms with E-state index in [1.165, 1.54) is 10.5 Å². The molecule has 21 heavy (non-hydrogen) atoms. The lowest BCUT2D eigenvalue weighted by atomic mass is 10.2. The van der Waals surface area contributed by atoms with E-state index in [4.69, 9.17) is 9.47 Å². The number of rotatable bonds is 7. The first kappa shape index (κ1) is 16.8. The normalized spacial score (nSPS) is 23.4. The number of thioether (sulfide) groups is 1. The molecule has 0 N–H and O–H groups in total. The van der Waals surface area contributed by atoms with Crippen LogP contribution in [0.15, 0.2) is 29.2 Å². The molecule has 2 atom stereocenters. The molecule has 0 aliphatic carbocycles. The summed E-state index contributed by atoms with van der Waals surface area (Å²) in [6, 6.07) is 8.67. The van der Waals surface area contributed by atoms with Crippen LogP contribution in [0.5, 0.6) is 0 Å². The molecule has 1 aliphatic rings. The molecule has 1 heterocycles. The molecule has 1 fully saturated rings. The summed E-state index contributed by atoms with van der Waals surface area (Å²) in [6.07, 6.45) is 0.677. The van der Waals surface area contributed by atoms with Gasteiger partial charge in [0, 0.05) is 30.3 Å². The van der Waals surface area contributed by atoms with Gasteiger partial charge in [0.2, 0.25) is 0 Å². The standard InChI is InChI=1S/C17H27NO2S/c1-14-4-6-17(7-5-14)21-11-10-19-9-8-18-12-15(2)20-16(3)13-18/h4-7,15-16H,8-13H2,1-3H3/t15-,16-/m1/s1. The van der Waals surface area contributed by atoms with Crippen LogP contribution in [0.2, 0.25) is 0 Å². The van der Waals surface area contributed by atoms with Crippen molar-refractivity contribution < 1.29 is 9.47 Å². The number of hydrogen-bond acceptors (Lipinski definition) is 4. The van der Waals surface area contributed by atoms with Gasteiger partial charge in [-0.05, 0) is 32.9 Å². The lowest BCUT2D eigenvalue weighted by Gasteiger charge is -2.35. The van der Waals surface area contributed by atoms with Gasteiger partial charge in [0.15, 0.2) is 0 Å². The highest BCUT2D eigenvalue weighted by Gasteiger charge is 2.21. The van der Waals surface area contributed by atoms with Crippen molar-refractivity contribution in [1.82, 2.24) is 4.90 Å². The molecule has 3 nitrogen and oxygen atoms in total. The second-order valence-electron chi connectivity index (χ2n) is 5.79. The van der Waals surface area contributed by atoms with E-state index in [2.05, 4.69) is 49.9 Å². The van der Waals surface area contributed by atoms with Crippen molar-refractivity contribution in [3.05, 3.63) is 29.8 Å². The van der Waals surface area contributed by atoms with Crippen molar-refractivity contribution in [1.29, 1.82) is 0 Å². The molecule has 0 amide bonds. The van der Waals surface area contributed by atoms with Crippen LogP contribution in [0.25, 0.3) is 0 Å². The zero-order chi connectivity index (χ0) is 15.1. The summed E-state index contributed by atoms with van der Waals surface area (Å²) in [5.74, 6) is 1.01. The summed E-state index contributed by atoms with van der Waals surface area (Å²) in [5.41, 5.74) is 1.31. The van der Waals surface area contributed by atoms with Crippen LogP contribution >= 0.6 is 11.8 Å². The van der Waals surface area contributed by atoms with Crippen LogP contribution in [0.1, 0.15) is 19.4 Å². The van der Waals surface area contributed by atoms with Gasteiger partial charge in [-0.3, -0.25) is 4.90 Å². The number of nitrogens with zero attached hydrogens (tertiary/aromatic N) is 1. The van der Waals surface area contributed by atoms with Crippen molar-refractivity contribution in [3.63, 3.8) is 0 Å². The molecule has 0 unspecified atom stereocenters. The molecular weight excluding hydrogens is 282 g/mol. The number of ether oxygens (including phenoxy) is 2. The third-order valence-corrected chi connectivity index (χ3v) is 4.54. The van der Waals surface area contributed by atoms with E-state index in [1.807, 2.05) is 11.8 Å². The molecule has 0 aromatic heterocycles. The van der Waals surface area contributed by atoms with E-state index in [0.29, 0.717) is 12.2 Å². The molecule has 2 rings (SSSR count). The van der Waals surface area contributed by atoms with Crippen LogP contribution < -0.4 is 0 Å². The molecule has 118 valence electrons. The van der Waals surface area contributed by atoms with Crippen molar-refractivity contribution >= 4 is 11.8 Å². The zero-order valence-electron chi connectivity index (χ0n) is 13.4. The Bertz CT molecular complexity index is 400. The predicted molar refractivity (Wildman–Crippen MR) is 89.2 cm³/mol. The van der Waals surface area contributed by atoms with E-state index in [-0.39, 0.29) is 0 Å². The van der Waals surface area contributed by atoms with E-state index < -0.39 is 0 Å². The third-order valence-electron chi connectivity index (χ3n) is 3.56. The van der Waals surface area contributed by atoms with Gasteiger partial charge >= 0.3 is 0 Å². The van der Waals surface area contributed by atoms with Gasteiger partial charge in [0.1, 0.15) is 0 Å². The number of aryl methyl sites for hydroxylation is 1. The summed E-state index contributed by atoms with van der Waals surface area (Å²) in [7, 11) is 0. The Labute approximate surface area is 133 Å². The first-order valence-corrected chi connectivity index (χ1v) is 8.77. The summed E-state index contributed by atoms with van der Waals surface area (Å²) < 4.78 is 11.5. The predicted octanol–water partition coefficient (Wildman–Crippen LogP) is 3.21. The molecule has 1 aromatic carbocycles. The van der Waals surface area contributed by atoms with Crippen molar-refractivity contribution in [3.8, 4) is 0 Å². The van der Waals surface area contributed by atoms with Crippen molar-refractivity contribution in [2.24, 2.45) is 0 Å². The smallest absolute Gasteiger partial charge is 0.0678 e. The first-order chi connectivity index (χ1) is 10.1. The summed E-state index contributed by atoms with van der Waals surface area (Å²) in [4.78, 5) is 3.76. The average molecular weight is 309 g/mol. The van der Waals surface area contributed by atoms with Gasteiger partial charge in [-0.1, -0.05) is 17.7 Å². The summed E-state index contributed by atoms with van der Waals surface area (Å²) in [5, 5.41) is 0. The van der Waals surface area contributed by atoms with Crippen LogP contribution in [-0.4, -0.2) is 55.7 Å². The maximum absolute atomic E-state index is 5.75. The number of morpholine rings is 1. The Morgan fingerprint density at radius 2 is 1.81 bits per heavy atom. The fourth-order valence-electron chi connectivity index (χ4n) is 2.62. The lowest BCUT2D eigenvalue weighted by molar-refractivity contribution is -0.0726. The van der Waals surface area contributed by atoms with E-state index >= 15 is 0 Å². The maximum Gasteiger partial charge on any atom is 0.0678 e. The van der Waals surface area contributed by atoms with Crippen molar-refractivity contribution in [2.75, 3.05) is 38.6 Å². The Morgan fingerprint density at radius 3 is 2.48 bits per heavy atom. The van der Waals surface area contributed by atoms with Gasteiger partial charge in [0.05, 0.1) is 25.4 Å². The number of hydrogen-bond donors (Lipinski definition) is 0. The molecular formula is C17H27NO2S. The minimum atomic E-state index is 0.339. The quantitative estimate of drug-likeness (QED) is 0.569. The zero-order valence-corrected chi connectivity index (χ0v) is 14.2. The van der Waals surface area contributed by atoms with Gasteiger partial charge < -0.3 is 9.47 Å². The van der Waals surface area contributed by atoms with Gasteiger partial charge in [-0.15, -0.1) is 11.8 Å². The fraction of sp³-hybridized carbons (Fsp3) is 0.647. The van der Waals surface area contributed by atoms with Crippen LogP contribution in [-0.2, 0) is 9.47 Å². The Hall–Kier alpha value is -0.550. The van der Waals surface area contributed by atoms with E-state index in [1.54, 1.807) is 0 Å². The maximum atomic E-state index is 5.75. The lowest BCUT2D eigenvalue weighted by Crippen LogP contribution is -2.46. The highest BCUT2D eigenvalue weighted by molar-refractivity contribution is 7.99. The van der Waals surface area contributed by atoms with E-state index in [9.17, 15) is 0 Å². The second-order valence-corrected chi connectivity index (χ2v) is 6.96. The molecule has 0 spiro atoms. The minimum Gasteiger partial charge on any atom is -0.379 e. The largest absolute Gasteiger partial charge is 0.379 e. The Balaban J connectivity index is 1.53. The first-order valence-electron chi connectivity index (χ1n) is 7.78. The Kier molecular flexibility index (Phi) is 7.04. The van der Waals surface area contributed by atoms with Crippen molar-refractivity contribution in [2.45, 2.75) is 37.9 Å².